The summed E-state index contributed by atoms with van der Waals surface area (Å²) in [4.78, 5) is 45.3. The lowest BCUT2D eigenvalue weighted by Crippen LogP contribution is -2.24. The third kappa shape index (κ3) is 6.86. The third-order valence-electron chi connectivity index (χ3n) is 4.87. The summed E-state index contributed by atoms with van der Waals surface area (Å²) in [5.41, 5.74) is 5.00. The maximum absolute atomic E-state index is 13.5. The van der Waals surface area contributed by atoms with E-state index in [0.717, 1.165) is 17.4 Å². The van der Waals surface area contributed by atoms with E-state index < -0.39 is 41.0 Å². The molecule has 1 aromatic carbocycles. The number of rotatable bonds is 8. The Kier molecular flexibility index (Phi) is 8.59. The number of aromatic nitrogens is 2. The van der Waals surface area contributed by atoms with Crippen LogP contribution in [0.5, 0.6) is 0 Å². The number of amides is 2. The van der Waals surface area contributed by atoms with E-state index in [0.29, 0.717) is 17.3 Å². The molecule has 8 nitrogen and oxygen atoms in total. The molecule has 3 N–H and O–H groups in total. The molecule has 0 fully saturated rings. The van der Waals surface area contributed by atoms with Gasteiger partial charge in [0.05, 0.1) is 27.5 Å². The van der Waals surface area contributed by atoms with Crippen LogP contribution in [0.3, 0.4) is 0 Å². The lowest BCUT2D eigenvalue weighted by atomic mass is 10.1. The molecule has 196 valence electrons. The summed E-state index contributed by atoms with van der Waals surface area (Å²) < 4.78 is 45.7. The van der Waals surface area contributed by atoms with E-state index in [4.69, 9.17) is 10.5 Å². The van der Waals surface area contributed by atoms with Crippen LogP contribution in [-0.4, -0.2) is 39.1 Å². The monoisotopic (exact) mass is 552 g/mol. The van der Waals surface area contributed by atoms with Crippen molar-refractivity contribution in [1.82, 2.24) is 9.97 Å². The van der Waals surface area contributed by atoms with E-state index in [1.807, 2.05) is 0 Å². The van der Waals surface area contributed by atoms with Crippen LogP contribution in [0.2, 0.25) is 0 Å². The first-order valence-corrected chi connectivity index (χ1v) is 12.6. The second-order valence-corrected chi connectivity index (χ2v) is 10.4. The molecule has 0 spiro atoms. The number of esters is 1. The first-order chi connectivity index (χ1) is 17.3. The molecular formula is C24H23F3N4O4S2. The zero-order chi connectivity index (χ0) is 27.5. The second kappa shape index (κ2) is 11.3. The van der Waals surface area contributed by atoms with Crippen molar-refractivity contribution >= 4 is 45.9 Å². The topological polar surface area (TPSA) is 124 Å². The number of nitrogens with two attached hydrogens (primary N) is 1. The van der Waals surface area contributed by atoms with E-state index in [9.17, 15) is 27.6 Å². The number of benzene rings is 1. The van der Waals surface area contributed by atoms with Gasteiger partial charge in [0.1, 0.15) is 10.7 Å². The Morgan fingerprint density at radius 3 is 2.32 bits per heavy atom. The second-order valence-electron chi connectivity index (χ2n) is 8.11. The average Bonchev–Trinajstić information content (AvgIpc) is 3.14. The predicted molar refractivity (Wildman–Crippen MR) is 135 cm³/mol. The minimum atomic E-state index is -4.72. The first-order valence-electron chi connectivity index (χ1n) is 10.9. The Bertz CT molecular complexity index is 1330. The smallest absolute Gasteiger partial charge is 0.433 e. The van der Waals surface area contributed by atoms with Crippen molar-refractivity contribution in [3.63, 3.8) is 0 Å². The molecule has 2 aromatic heterocycles. The number of halogens is 3. The maximum atomic E-state index is 13.5. The largest absolute Gasteiger partial charge is 0.459 e. The summed E-state index contributed by atoms with van der Waals surface area (Å²) >= 11 is 1.53. The van der Waals surface area contributed by atoms with Gasteiger partial charge in [0.25, 0.3) is 5.91 Å². The number of carbonyl (C=O) groups excluding carboxylic acids is 3. The van der Waals surface area contributed by atoms with Gasteiger partial charge in [-0.1, -0.05) is 42.1 Å². The van der Waals surface area contributed by atoms with Crippen molar-refractivity contribution < 1.29 is 32.3 Å². The highest BCUT2D eigenvalue weighted by molar-refractivity contribution is 8.00. The van der Waals surface area contributed by atoms with Crippen molar-refractivity contribution in [2.45, 2.75) is 50.4 Å². The molecule has 3 rings (SSSR count). The molecular weight excluding hydrogens is 529 g/mol. The fourth-order valence-electron chi connectivity index (χ4n) is 3.16. The summed E-state index contributed by atoms with van der Waals surface area (Å²) in [5, 5.41) is 1.38. The summed E-state index contributed by atoms with van der Waals surface area (Å²) in [6.45, 7) is 6.24. The van der Waals surface area contributed by atoms with E-state index in [2.05, 4.69) is 15.3 Å². The molecule has 0 aliphatic carbocycles. The molecule has 13 heteroatoms. The molecule has 2 amide bonds. The van der Waals surface area contributed by atoms with Crippen molar-refractivity contribution in [2.24, 2.45) is 5.73 Å². The van der Waals surface area contributed by atoms with Gasteiger partial charge in [-0.15, -0.1) is 11.3 Å². The van der Waals surface area contributed by atoms with Gasteiger partial charge in [0.15, 0.2) is 5.16 Å². The molecule has 3 aromatic rings. The van der Waals surface area contributed by atoms with Crippen LogP contribution in [-0.2, 0) is 15.7 Å². The summed E-state index contributed by atoms with van der Waals surface area (Å²) in [6, 6.07) is 9.12. The lowest BCUT2D eigenvalue weighted by molar-refractivity contribution is -0.141. The van der Waals surface area contributed by atoms with Crippen LogP contribution in [0.15, 0.2) is 41.6 Å². The number of ether oxygens (including phenoxy) is 1. The molecule has 1 unspecified atom stereocenters. The van der Waals surface area contributed by atoms with E-state index >= 15 is 0 Å². The number of anilines is 1. The average molecular weight is 553 g/mol. The Hall–Kier alpha value is -3.45. The number of hydrogen-bond acceptors (Lipinski definition) is 8. The van der Waals surface area contributed by atoms with Crippen LogP contribution >= 0.6 is 23.1 Å². The zero-order valence-electron chi connectivity index (χ0n) is 20.2. The molecule has 0 bridgehead atoms. The molecule has 0 aliphatic rings. The highest BCUT2D eigenvalue weighted by Crippen LogP contribution is 2.36. The van der Waals surface area contributed by atoms with Crippen molar-refractivity contribution in [3.8, 4) is 11.3 Å². The molecule has 0 saturated heterocycles. The Morgan fingerprint density at radius 2 is 1.76 bits per heavy atom. The van der Waals surface area contributed by atoms with Gasteiger partial charge >= 0.3 is 12.1 Å². The van der Waals surface area contributed by atoms with Gasteiger partial charge in [-0.05, 0) is 39.3 Å². The SMILES string of the molecule is Cc1c(C(N)=O)sc(NC(=O)C(C)Sc2nc(-c3ccccc3)cc(C(F)(F)F)n2)c1C(=O)OC(C)C. The van der Waals surface area contributed by atoms with Gasteiger partial charge in [-0.2, -0.15) is 13.2 Å². The number of carbonyl (C=O) groups is 3. The van der Waals surface area contributed by atoms with Crippen LogP contribution in [0.1, 0.15) is 52.1 Å². The van der Waals surface area contributed by atoms with Gasteiger partial charge in [-0.3, -0.25) is 9.59 Å². The zero-order valence-corrected chi connectivity index (χ0v) is 21.8. The Balaban J connectivity index is 1.90. The van der Waals surface area contributed by atoms with E-state index in [1.165, 1.54) is 13.8 Å². The highest BCUT2D eigenvalue weighted by atomic mass is 32.2. The van der Waals surface area contributed by atoms with Crippen molar-refractivity contribution in [3.05, 3.63) is 58.1 Å². The third-order valence-corrected chi connectivity index (χ3v) is 7.05. The quantitative estimate of drug-likeness (QED) is 0.220. The number of hydrogen-bond donors (Lipinski definition) is 2. The van der Waals surface area contributed by atoms with E-state index in [1.54, 1.807) is 44.2 Å². The number of primary amides is 1. The number of thioether (sulfide) groups is 1. The van der Waals surface area contributed by atoms with Crippen molar-refractivity contribution in [2.75, 3.05) is 5.32 Å². The lowest BCUT2D eigenvalue weighted by Gasteiger charge is -2.14. The van der Waals surface area contributed by atoms with Gasteiger partial charge < -0.3 is 15.8 Å². The molecule has 0 saturated carbocycles. The normalized spacial score (nSPS) is 12.3. The molecule has 0 radical (unpaired) electrons. The molecule has 0 aliphatic heterocycles. The summed E-state index contributed by atoms with van der Waals surface area (Å²) in [7, 11) is 0. The standard InChI is InChI=1S/C24H23F3N4O4S2/c1-11(2)35-22(34)17-12(3)18(19(28)32)37-21(17)31-20(33)13(4)36-23-29-15(14-8-6-5-7-9-14)10-16(30-23)24(25,26)27/h5-11,13H,1-4H3,(H2,28,32)(H,31,33). The molecule has 1 atom stereocenters. The van der Waals surface area contributed by atoms with Gasteiger partial charge in [-0.25, -0.2) is 14.8 Å². The molecule has 2 heterocycles. The number of thiophene rings is 1. The predicted octanol–water partition coefficient (Wildman–Crippen LogP) is 5.32. The van der Waals surface area contributed by atoms with Crippen molar-refractivity contribution in [1.29, 1.82) is 0 Å². The van der Waals surface area contributed by atoms with Crippen LogP contribution < -0.4 is 11.1 Å². The fourth-order valence-corrected chi connectivity index (χ4v) is 4.99. The number of nitrogens with one attached hydrogen (secondary N) is 1. The maximum Gasteiger partial charge on any atom is 0.433 e. The Labute approximate surface area is 218 Å². The van der Waals surface area contributed by atoms with E-state index in [-0.39, 0.29) is 31.9 Å². The summed E-state index contributed by atoms with van der Waals surface area (Å²) in [5.74, 6) is -2.18. The Morgan fingerprint density at radius 1 is 1.11 bits per heavy atom. The fraction of sp³-hybridized carbons (Fsp3) is 0.292. The summed E-state index contributed by atoms with van der Waals surface area (Å²) in [6.07, 6.45) is -5.18. The minimum Gasteiger partial charge on any atom is -0.459 e. The van der Waals surface area contributed by atoms with Gasteiger partial charge in [0.2, 0.25) is 5.91 Å². The number of nitrogens with zero attached hydrogens (tertiary/aromatic N) is 2. The van der Waals surface area contributed by atoms with Crippen LogP contribution in [0.4, 0.5) is 18.2 Å². The van der Waals surface area contributed by atoms with Crippen LogP contribution in [0.25, 0.3) is 11.3 Å². The first kappa shape index (κ1) is 28.1. The molecule has 37 heavy (non-hydrogen) atoms. The number of alkyl halides is 3. The highest BCUT2D eigenvalue weighted by Gasteiger charge is 2.34. The minimum absolute atomic E-state index is 0.0141. The van der Waals surface area contributed by atoms with Gasteiger partial charge in [0, 0.05) is 5.56 Å². The van der Waals surface area contributed by atoms with Crippen LogP contribution in [0, 0.1) is 6.92 Å².